The minimum atomic E-state index is -0.576. The van der Waals surface area contributed by atoms with Gasteiger partial charge in [0.1, 0.15) is 6.61 Å². The Balaban J connectivity index is 2.39. The van der Waals surface area contributed by atoms with E-state index >= 15 is 0 Å². The zero-order chi connectivity index (χ0) is 13.8. The molecule has 0 aliphatic carbocycles. The SMILES string of the molecule is CCc1nc(=O)oc2c(OCCN(C)C)cccc12. The van der Waals surface area contributed by atoms with Gasteiger partial charge in [-0.2, -0.15) is 4.98 Å². The quantitative estimate of drug-likeness (QED) is 0.820. The van der Waals surface area contributed by atoms with Gasteiger partial charge >= 0.3 is 5.76 Å². The van der Waals surface area contributed by atoms with Crippen LogP contribution in [0.1, 0.15) is 12.6 Å². The fourth-order valence-corrected chi connectivity index (χ4v) is 1.85. The van der Waals surface area contributed by atoms with Gasteiger partial charge < -0.3 is 14.1 Å². The number of nitrogens with zero attached hydrogens (tertiary/aromatic N) is 2. The van der Waals surface area contributed by atoms with Crippen molar-refractivity contribution >= 4 is 11.0 Å². The summed E-state index contributed by atoms with van der Waals surface area (Å²) in [4.78, 5) is 17.4. The molecule has 0 N–H and O–H groups in total. The number of ether oxygens (including phenoxy) is 1. The van der Waals surface area contributed by atoms with E-state index in [1.165, 1.54) is 0 Å². The maximum atomic E-state index is 11.5. The van der Waals surface area contributed by atoms with Gasteiger partial charge in [-0.25, -0.2) is 4.79 Å². The lowest BCUT2D eigenvalue weighted by Crippen LogP contribution is -2.19. The second kappa shape index (κ2) is 5.84. The van der Waals surface area contributed by atoms with E-state index in [9.17, 15) is 4.79 Å². The number of likely N-dealkylation sites (N-methyl/N-ethyl adjacent to an activating group) is 1. The molecule has 2 rings (SSSR count). The molecule has 0 aliphatic rings. The molecule has 0 bridgehead atoms. The minimum absolute atomic E-state index is 0.484. The summed E-state index contributed by atoms with van der Waals surface area (Å²) in [6.07, 6.45) is 0.684. The Bertz CT molecular complexity index is 620. The predicted octanol–water partition coefficient (Wildman–Crippen LogP) is 1.69. The van der Waals surface area contributed by atoms with Crippen LogP contribution >= 0.6 is 0 Å². The van der Waals surface area contributed by atoms with Crippen LogP contribution in [0.2, 0.25) is 0 Å². The minimum Gasteiger partial charge on any atom is -0.488 e. The van der Waals surface area contributed by atoms with Gasteiger partial charge in [-0.15, -0.1) is 0 Å². The van der Waals surface area contributed by atoms with E-state index in [0.717, 1.165) is 17.6 Å². The number of rotatable bonds is 5. The Morgan fingerprint density at radius 1 is 1.37 bits per heavy atom. The van der Waals surface area contributed by atoms with E-state index in [2.05, 4.69) is 4.98 Å². The van der Waals surface area contributed by atoms with E-state index in [4.69, 9.17) is 9.15 Å². The molecular formula is C14H18N2O3. The van der Waals surface area contributed by atoms with Crippen LogP contribution in [0.3, 0.4) is 0 Å². The Kier molecular flexibility index (Phi) is 4.16. The van der Waals surface area contributed by atoms with Crippen LogP contribution in [0.4, 0.5) is 0 Å². The van der Waals surface area contributed by atoms with Crippen molar-refractivity contribution in [2.24, 2.45) is 0 Å². The molecule has 0 amide bonds. The van der Waals surface area contributed by atoms with Crippen molar-refractivity contribution in [1.29, 1.82) is 0 Å². The molecule has 0 spiro atoms. The second-order valence-electron chi connectivity index (χ2n) is 4.56. The summed E-state index contributed by atoms with van der Waals surface area (Å²) in [6.45, 7) is 3.30. The predicted molar refractivity (Wildman–Crippen MR) is 73.7 cm³/mol. The van der Waals surface area contributed by atoms with Crippen LogP contribution in [0.25, 0.3) is 11.0 Å². The third-order valence-corrected chi connectivity index (χ3v) is 2.84. The molecule has 1 aromatic heterocycles. The van der Waals surface area contributed by atoms with Crippen molar-refractivity contribution in [3.8, 4) is 5.75 Å². The van der Waals surface area contributed by atoms with Crippen LogP contribution in [-0.4, -0.2) is 37.1 Å². The fraction of sp³-hybridized carbons (Fsp3) is 0.429. The first-order valence-corrected chi connectivity index (χ1v) is 6.32. The fourth-order valence-electron chi connectivity index (χ4n) is 1.85. The van der Waals surface area contributed by atoms with Gasteiger partial charge in [-0.3, -0.25) is 0 Å². The summed E-state index contributed by atoms with van der Waals surface area (Å²) in [5.41, 5.74) is 1.22. The summed E-state index contributed by atoms with van der Waals surface area (Å²) in [6, 6.07) is 5.58. The number of hydrogen-bond donors (Lipinski definition) is 0. The highest BCUT2D eigenvalue weighted by molar-refractivity contribution is 5.84. The maximum absolute atomic E-state index is 11.5. The standard InChI is InChI=1S/C14H18N2O3/c1-4-11-10-6-5-7-12(18-9-8-16(2)3)13(10)19-14(17)15-11/h5-7H,4,8-9H2,1-3H3. The smallest absolute Gasteiger partial charge is 0.439 e. The van der Waals surface area contributed by atoms with E-state index in [-0.39, 0.29) is 0 Å². The van der Waals surface area contributed by atoms with Gasteiger partial charge in [0.2, 0.25) is 0 Å². The number of para-hydroxylation sites is 1. The Labute approximate surface area is 111 Å². The molecule has 0 unspecified atom stereocenters. The van der Waals surface area contributed by atoms with Crippen molar-refractivity contribution in [2.75, 3.05) is 27.2 Å². The summed E-state index contributed by atoms with van der Waals surface area (Å²) < 4.78 is 10.9. The van der Waals surface area contributed by atoms with Gasteiger partial charge in [0, 0.05) is 11.9 Å². The van der Waals surface area contributed by atoms with Gasteiger partial charge in [-0.05, 0) is 32.6 Å². The third kappa shape index (κ3) is 3.12. The molecule has 2 aromatic rings. The van der Waals surface area contributed by atoms with Crippen molar-refractivity contribution in [3.63, 3.8) is 0 Å². The molecule has 0 saturated heterocycles. The molecular weight excluding hydrogens is 244 g/mol. The van der Waals surface area contributed by atoms with Crippen LogP contribution < -0.4 is 10.5 Å². The Morgan fingerprint density at radius 3 is 2.84 bits per heavy atom. The third-order valence-electron chi connectivity index (χ3n) is 2.84. The van der Waals surface area contributed by atoms with Crippen molar-refractivity contribution in [2.45, 2.75) is 13.3 Å². The molecule has 0 saturated carbocycles. The van der Waals surface area contributed by atoms with Crippen molar-refractivity contribution < 1.29 is 9.15 Å². The largest absolute Gasteiger partial charge is 0.488 e. The van der Waals surface area contributed by atoms with Gasteiger partial charge in [0.15, 0.2) is 11.3 Å². The van der Waals surface area contributed by atoms with Gasteiger partial charge in [0.05, 0.1) is 5.69 Å². The second-order valence-corrected chi connectivity index (χ2v) is 4.56. The van der Waals surface area contributed by atoms with Gasteiger partial charge in [0.25, 0.3) is 0 Å². The molecule has 1 heterocycles. The first-order valence-electron chi connectivity index (χ1n) is 6.32. The molecule has 5 nitrogen and oxygen atoms in total. The molecule has 5 heteroatoms. The monoisotopic (exact) mass is 262 g/mol. The number of hydrogen-bond acceptors (Lipinski definition) is 5. The topological polar surface area (TPSA) is 55.6 Å². The molecule has 0 fully saturated rings. The van der Waals surface area contributed by atoms with Crippen molar-refractivity contribution in [3.05, 3.63) is 34.4 Å². The molecule has 102 valence electrons. The zero-order valence-electron chi connectivity index (χ0n) is 11.5. The first kappa shape index (κ1) is 13.5. The van der Waals surface area contributed by atoms with E-state index in [0.29, 0.717) is 24.4 Å². The van der Waals surface area contributed by atoms with Crippen LogP contribution in [-0.2, 0) is 6.42 Å². The number of aromatic nitrogens is 1. The highest BCUT2D eigenvalue weighted by atomic mass is 16.5. The van der Waals surface area contributed by atoms with Crippen molar-refractivity contribution in [1.82, 2.24) is 9.88 Å². The number of benzene rings is 1. The average Bonchev–Trinajstić information content (AvgIpc) is 2.38. The lowest BCUT2D eigenvalue weighted by atomic mass is 10.1. The molecule has 1 aromatic carbocycles. The van der Waals surface area contributed by atoms with Crippen LogP contribution in [0.5, 0.6) is 5.75 Å². The Morgan fingerprint density at radius 2 is 2.16 bits per heavy atom. The summed E-state index contributed by atoms with van der Waals surface area (Å²) >= 11 is 0. The number of fused-ring (bicyclic) bond motifs is 1. The Hall–Kier alpha value is -1.88. The molecule has 19 heavy (non-hydrogen) atoms. The van der Waals surface area contributed by atoms with E-state index < -0.39 is 5.76 Å². The lowest BCUT2D eigenvalue weighted by Gasteiger charge is -2.12. The van der Waals surface area contributed by atoms with Crippen LogP contribution in [0.15, 0.2) is 27.4 Å². The zero-order valence-corrected chi connectivity index (χ0v) is 11.5. The van der Waals surface area contributed by atoms with Gasteiger partial charge in [-0.1, -0.05) is 13.0 Å². The molecule has 0 aliphatic heterocycles. The summed E-state index contributed by atoms with van der Waals surface area (Å²) in [5.74, 6) is 0.0153. The van der Waals surface area contributed by atoms with E-state index in [1.807, 2.05) is 38.1 Å². The first-order chi connectivity index (χ1) is 9.11. The lowest BCUT2D eigenvalue weighted by molar-refractivity contribution is 0.260. The molecule has 0 radical (unpaired) electrons. The normalized spacial score (nSPS) is 11.2. The van der Waals surface area contributed by atoms with E-state index in [1.54, 1.807) is 6.07 Å². The highest BCUT2D eigenvalue weighted by Gasteiger charge is 2.10. The van der Waals surface area contributed by atoms with Crippen LogP contribution in [0, 0.1) is 0 Å². The average molecular weight is 262 g/mol. The highest BCUT2D eigenvalue weighted by Crippen LogP contribution is 2.26. The summed E-state index contributed by atoms with van der Waals surface area (Å²) in [5, 5.41) is 0.837. The molecule has 0 atom stereocenters. The maximum Gasteiger partial charge on any atom is 0.439 e. The summed E-state index contributed by atoms with van der Waals surface area (Å²) in [7, 11) is 3.96. The number of aryl methyl sites for hydroxylation is 1.